The third-order valence-corrected chi connectivity index (χ3v) is 5.46. The summed E-state index contributed by atoms with van der Waals surface area (Å²) >= 11 is 0. The van der Waals surface area contributed by atoms with E-state index in [0.29, 0.717) is 5.56 Å². The summed E-state index contributed by atoms with van der Waals surface area (Å²) in [6.45, 7) is 3.31. The second-order valence-corrected chi connectivity index (χ2v) is 8.92. The summed E-state index contributed by atoms with van der Waals surface area (Å²) in [6.07, 6.45) is -0.948. The fourth-order valence-corrected chi connectivity index (χ4v) is 3.34. The van der Waals surface area contributed by atoms with Gasteiger partial charge in [-0.15, -0.1) is 0 Å². The van der Waals surface area contributed by atoms with Crippen molar-refractivity contribution in [2.45, 2.75) is 70.1 Å². The zero-order valence-electron chi connectivity index (χ0n) is 20.8. The molecule has 9 N–H and O–H groups in total. The van der Waals surface area contributed by atoms with Crippen LogP contribution in [0.25, 0.3) is 0 Å². The molecule has 1 rings (SSSR count). The number of amides is 4. The maximum absolute atomic E-state index is 13.1. The molecule has 4 amide bonds. The van der Waals surface area contributed by atoms with Crippen LogP contribution >= 0.6 is 0 Å². The number of nitrogens with two attached hydrogens (primary N) is 2. The number of nitrogens with one attached hydrogen (secondary N) is 3. The minimum Gasteiger partial charge on any atom is -0.481 e. The van der Waals surface area contributed by atoms with Crippen molar-refractivity contribution in [3.8, 4) is 0 Å². The first-order chi connectivity index (χ1) is 17.3. The fraction of sp³-hybridized carbons (Fsp3) is 0.500. The van der Waals surface area contributed by atoms with Gasteiger partial charge in [-0.25, -0.2) is 4.79 Å². The molecule has 0 unspecified atom stereocenters. The lowest BCUT2D eigenvalue weighted by atomic mass is 10.00. The van der Waals surface area contributed by atoms with Gasteiger partial charge in [0.05, 0.1) is 6.04 Å². The number of aliphatic carboxylic acids is 2. The number of carbonyl (C=O) groups is 6. The van der Waals surface area contributed by atoms with Gasteiger partial charge >= 0.3 is 11.9 Å². The molecule has 204 valence electrons. The van der Waals surface area contributed by atoms with E-state index in [1.165, 1.54) is 0 Å². The molecule has 0 heterocycles. The Labute approximate surface area is 214 Å². The van der Waals surface area contributed by atoms with E-state index in [9.17, 15) is 33.9 Å². The average Bonchev–Trinajstić information content (AvgIpc) is 2.82. The summed E-state index contributed by atoms with van der Waals surface area (Å²) in [5, 5.41) is 25.6. The van der Waals surface area contributed by atoms with Crippen molar-refractivity contribution in [1.82, 2.24) is 16.0 Å². The summed E-state index contributed by atoms with van der Waals surface area (Å²) in [6, 6.07) is 3.76. The minimum atomic E-state index is -1.41. The second kappa shape index (κ2) is 15.2. The summed E-state index contributed by atoms with van der Waals surface area (Å²) in [7, 11) is 0. The molecule has 37 heavy (non-hydrogen) atoms. The Hall–Kier alpha value is -4.00. The molecule has 0 saturated carbocycles. The lowest BCUT2D eigenvalue weighted by Gasteiger charge is -2.27. The van der Waals surface area contributed by atoms with Crippen LogP contribution in [0.15, 0.2) is 30.3 Å². The van der Waals surface area contributed by atoms with Crippen LogP contribution in [0.1, 0.15) is 45.1 Å². The molecule has 13 heteroatoms. The van der Waals surface area contributed by atoms with E-state index in [0.717, 1.165) is 0 Å². The Balaban J connectivity index is 3.06. The maximum Gasteiger partial charge on any atom is 0.326 e. The van der Waals surface area contributed by atoms with Gasteiger partial charge in [-0.1, -0.05) is 44.2 Å². The first-order valence-corrected chi connectivity index (χ1v) is 11.7. The van der Waals surface area contributed by atoms with Gasteiger partial charge in [0.2, 0.25) is 23.6 Å². The fourth-order valence-electron chi connectivity index (χ4n) is 3.34. The Bertz CT molecular complexity index is 969. The van der Waals surface area contributed by atoms with Crippen LogP contribution < -0.4 is 27.4 Å². The van der Waals surface area contributed by atoms with E-state index < -0.39 is 65.7 Å². The van der Waals surface area contributed by atoms with Crippen molar-refractivity contribution in [2.75, 3.05) is 0 Å². The standard InChI is InChI=1S/C24H35N5O8/c1-13(2)20(29-21(33)15(25)8-11-19(31)32)23(35)28-17(12-14-6-4-3-5-7-14)22(34)27-16(24(36)37)9-10-18(26)30/h3-7,13,15-17,20H,8-12,25H2,1-2H3,(H2,26,30)(H,27,34)(H,28,35)(H,29,33)(H,31,32)(H,36,37)/t15-,16-,17-,20-/m0/s1. The molecule has 0 aliphatic heterocycles. The average molecular weight is 522 g/mol. The van der Waals surface area contributed by atoms with Crippen LogP contribution in [-0.2, 0) is 35.2 Å². The molecular formula is C24H35N5O8. The van der Waals surface area contributed by atoms with Crippen LogP contribution in [0.3, 0.4) is 0 Å². The van der Waals surface area contributed by atoms with Crippen LogP contribution in [-0.4, -0.2) is 69.9 Å². The molecule has 0 aliphatic carbocycles. The molecule has 0 radical (unpaired) electrons. The van der Waals surface area contributed by atoms with E-state index in [1.807, 2.05) is 0 Å². The van der Waals surface area contributed by atoms with Crippen LogP contribution in [0.2, 0.25) is 0 Å². The van der Waals surface area contributed by atoms with Gasteiger partial charge in [-0.3, -0.25) is 24.0 Å². The van der Waals surface area contributed by atoms with Gasteiger partial charge in [0, 0.05) is 19.3 Å². The quantitative estimate of drug-likeness (QED) is 0.139. The van der Waals surface area contributed by atoms with Gasteiger partial charge in [0.25, 0.3) is 0 Å². The lowest BCUT2D eigenvalue weighted by molar-refractivity contribution is -0.142. The summed E-state index contributed by atoms with van der Waals surface area (Å²) in [4.78, 5) is 72.0. The van der Waals surface area contributed by atoms with Crippen molar-refractivity contribution < 1.29 is 39.0 Å². The molecule has 1 aromatic rings. The largest absolute Gasteiger partial charge is 0.481 e. The maximum atomic E-state index is 13.1. The normalized spacial score (nSPS) is 14.1. The van der Waals surface area contributed by atoms with Gasteiger partial charge in [-0.2, -0.15) is 0 Å². The molecule has 4 atom stereocenters. The summed E-state index contributed by atoms with van der Waals surface area (Å²) in [5.41, 5.74) is 11.5. The predicted octanol–water partition coefficient (Wildman–Crippen LogP) is -1.12. The highest BCUT2D eigenvalue weighted by Gasteiger charge is 2.32. The van der Waals surface area contributed by atoms with Gasteiger partial charge in [-0.05, 0) is 24.3 Å². The highest BCUT2D eigenvalue weighted by atomic mass is 16.4. The topological polar surface area (TPSA) is 231 Å². The third kappa shape index (κ3) is 11.5. The highest BCUT2D eigenvalue weighted by molar-refractivity contribution is 5.94. The molecule has 0 aliphatic rings. The minimum absolute atomic E-state index is 0.0114. The summed E-state index contributed by atoms with van der Waals surface area (Å²) in [5.74, 6) is -5.90. The first-order valence-electron chi connectivity index (χ1n) is 11.7. The Morgan fingerprint density at radius 1 is 0.811 bits per heavy atom. The zero-order valence-corrected chi connectivity index (χ0v) is 20.8. The van der Waals surface area contributed by atoms with Crippen molar-refractivity contribution in [3.05, 3.63) is 35.9 Å². The van der Waals surface area contributed by atoms with Crippen LogP contribution in [0.4, 0.5) is 0 Å². The van der Waals surface area contributed by atoms with Gasteiger partial charge < -0.3 is 37.6 Å². The number of carboxylic acid groups (broad SMARTS) is 2. The van der Waals surface area contributed by atoms with Crippen LogP contribution in [0.5, 0.6) is 0 Å². The predicted molar refractivity (Wildman–Crippen MR) is 132 cm³/mol. The molecule has 0 spiro atoms. The van der Waals surface area contributed by atoms with Crippen LogP contribution in [0, 0.1) is 5.92 Å². The smallest absolute Gasteiger partial charge is 0.326 e. The number of carboxylic acids is 2. The number of primary amides is 1. The molecule has 0 fully saturated rings. The van der Waals surface area contributed by atoms with Crippen molar-refractivity contribution in [3.63, 3.8) is 0 Å². The third-order valence-electron chi connectivity index (χ3n) is 5.46. The van der Waals surface area contributed by atoms with E-state index in [-0.39, 0.29) is 32.1 Å². The zero-order chi connectivity index (χ0) is 28.1. The molecule has 1 aromatic carbocycles. The monoisotopic (exact) mass is 521 g/mol. The Morgan fingerprint density at radius 3 is 1.92 bits per heavy atom. The second-order valence-electron chi connectivity index (χ2n) is 8.92. The first kappa shape index (κ1) is 31.0. The van der Waals surface area contributed by atoms with E-state index in [4.69, 9.17) is 16.6 Å². The highest BCUT2D eigenvalue weighted by Crippen LogP contribution is 2.09. The van der Waals surface area contributed by atoms with Crippen molar-refractivity contribution in [2.24, 2.45) is 17.4 Å². The van der Waals surface area contributed by atoms with E-state index >= 15 is 0 Å². The van der Waals surface area contributed by atoms with E-state index in [2.05, 4.69) is 16.0 Å². The Kier molecular flexibility index (Phi) is 12.7. The lowest BCUT2D eigenvalue weighted by Crippen LogP contribution is -2.58. The van der Waals surface area contributed by atoms with Crippen molar-refractivity contribution in [1.29, 1.82) is 0 Å². The SMILES string of the molecule is CC(C)[C@H](NC(=O)[C@@H](N)CCC(=O)O)C(=O)N[C@@H](Cc1ccccc1)C(=O)N[C@@H](CCC(N)=O)C(=O)O. The molecular weight excluding hydrogens is 486 g/mol. The molecule has 0 bridgehead atoms. The van der Waals surface area contributed by atoms with Gasteiger partial charge in [0.15, 0.2) is 0 Å². The molecule has 13 nitrogen and oxygen atoms in total. The van der Waals surface area contributed by atoms with Crippen molar-refractivity contribution >= 4 is 35.6 Å². The number of benzene rings is 1. The van der Waals surface area contributed by atoms with Gasteiger partial charge in [0.1, 0.15) is 18.1 Å². The molecule has 0 aromatic heterocycles. The number of hydrogen-bond donors (Lipinski definition) is 7. The number of hydrogen-bond acceptors (Lipinski definition) is 7. The van der Waals surface area contributed by atoms with E-state index in [1.54, 1.807) is 44.2 Å². The number of carbonyl (C=O) groups excluding carboxylic acids is 4. The molecule has 0 saturated heterocycles. The Morgan fingerprint density at radius 2 is 1.41 bits per heavy atom. The summed E-state index contributed by atoms with van der Waals surface area (Å²) < 4.78 is 0. The number of rotatable bonds is 16.